The third kappa shape index (κ3) is 8.67. The standard InChI is InChI=1S/C28H42FN5O6/c1-4-7-10-13-20(35)33-26-24-27(31-17-30-26)34(18-32-24)28-23(29)25(40-22(37)15-12-9-6-3)19(39-28)16-38-21(36)14-11-8-5-2/h17-19,23,25,28H,4-16H2,1-3H3,(H,30,31,33,35)/t19-,23+,25-,28-/m1/s1. The largest absolute Gasteiger partial charge is 0.463 e. The molecular weight excluding hydrogens is 521 g/mol. The highest BCUT2D eigenvalue weighted by molar-refractivity contribution is 5.96. The fourth-order valence-electron chi connectivity index (χ4n) is 4.55. The fraction of sp³-hybridized carbons (Fsp3) is 0.714. The molecule has 12 heteroatoms. The summed E-state index contributed by atoms with van der Waals surface area (Å²) in [5.41, 5.74) is 0.526. The number of carbonyl (C=O) groups excluding carboxylic acids is 3. The predicted molar refractivity (Wildman–Crippen MR) is 146 cm³/mol. The van der Waals surface area contributed by atoms with Gasteiger partial charge >= 0.3 is 11.9 Å². The summed E-state index contributed by atoms with van der Waals surface area (Å²) in [4.78, 5) is 49.7. The Bertz CT molecular complexity index is 1110. The second-order valence-corrected chi connectivity index (χ2v) is 10.1. The average molecular weight is 564 g/mol. The van der Waals surface area contributed by atoms with Gasteiger partial charge in [-0.3, -0.25) is 19.0 Å². The summed E-state index contributed by atoms with van der Waals surface area (Å²) in [6.07, 6.45) is 5.73. The minimum atomic E-state index is -1.78. The molecule has 2 aromatic rings. The molecule has 1 saturated heterocycles. The smallest absolute Gasteiger partial charge is 0.306 e. The van der Waals surface area contributed by atoms with Gasteiger partial charge in [-0.2, -0.15) is 0 Å². The van der Waals surface area contributed by atoms with Crippen molar-refractivity contribution in [2.75, 3.05) is 11.9 Å². The van der Waals surface area contributed by atoms with Gasteiger partial charge in [0.2, 0.25) is 5.91 Å². The number of aromatic nitrogens is 4. The van der Waals surface area contributed by atoms with Gasteiger partial charge in [-0.25, -0.2) is 19.3 Å². The first-order chi connectivity index (χ1) is 19.4. The molecule has 0 unspecified atom stereocenters. The SMILES string of the molecule is CCCCCC(=O)Nc1ncnc2c1ncn2[C@@H]1O[C@H](COC(=O)CCCCC)[C@@H](OC(=O)CCCCC)[C@@H]1F. The Morgan fingerprint density at radius 3 is 2.25 bits per heavy atom. The van der Waals surface area contributed by atoms with Crippen LogP contribution >= 0.6 is 0 Å². The van der Waals surface area contributed by atoms with Crippen LogP contribution in [0.5, 0.6) is 0 Å². The van der Waals surface area contributed by atoms with Gasteiger partial charge in [-0.05, 0) is 19.3 Å². The second-order valence-electron chi connectivity index (χ2n) is 10.1. The first-order valence-electron chi connectivity index (χ1n) is 14.5. The zero-order chi connectivity index (χ0) is 28.9. The lowest BCUT2D eigenvalue weighted by atomic mass is 10.1. The number of anilines is 1. The molecule has 1 aliphatic rings. The van der Waals surface area contributed by atoms with Gasteiger partial charge in [-0.1, -0.05) is 59.3 Å². The minimum Gasteiger partial charge on any atom is -0.463 e. The van der Waals surface area contributed by atoms with Crippen LogP contribution < -0.4 is 5.32 Å². The first kappa shape index (κ1) is 31.4. The van der Waals surface area contributed by atoms with E-state index >= 15 is 4.39 Å². The summed E-state index contributed by atoms with van der Waals surface area (Å²) in [6.45, 7) is 5.86. The third-order valence-corrected chi connectivity index (χ3v) is 6.81. The van der Waals surface area contributed by atoms with Crippen molar-refractivity contribution in [2.24, 2.45) is 0 Å². The van der Waals surface area contributed by atoms with Crippen molar-refractivity contribution < 1.29 is 33.0 Å². The van der Waals surface area contributed by atoms with Crippen molar-refractivity contribution in [2.45, 2.75) is 122 Å². The van der Waals surface area contributed by atoms with E-state index in [2.05, 4.69) is 27.2 Å². The number of rotatable bonds is 17. The number of carbonyl (C=O) groups is 3. The number of nitrogens with zero attached hydrogens (tertiary/aromatic N) is 4. The van der Waals surface area contributed by atoms with E-state index in [1.807, 2.05) is 13.8 Å². The van der Waals surface area contributed by atoms with E-state index in [1.165, 1.54) is 17.2 Å². The molecule has 0 aromatic carbocycles. The highest BCUT2D eigenvalue weighted by Crippen LogP contribution is 2.36. The molecule has 1 aliphatic heterocycles. The average Bonchev–Trinajstić information content (AvgIpc) is 3.49. The monoisotopic (exact) mass is 563 g/mol. The molecule has 222 valence electrons. The molecular formula is C28H42FN5O6. The maximum Gasteiger partial charge on any atom is 0.306 e. The third-order valence-electron chi connectivity index (χ3n) is 6.81. The van der Waals surface area contributed by atoms with Crippen molar-refractivity contribution in [1.29, 1.82) is 0 Å². The normalized spacial score (nSPS) is 20.5. The molecule has 0 radical (unpaired) electrons. The molecule has 4 atom stereocenters. The van der Waals surface area contributed by atoms with E-state index in [0.717, 1.165) is 44.9 Å². The molecule has 11 nitrogen and oxygen atoms in total. The Morgan fingerprint density at radius 1 is 0.925 bits per heavy atom. The van der Waals surface area contributed by atoms with E-state index in [1.54, 1.807) is 0 Å². The summed E-state index contributed by atoms with van der Waals surface area (Å²) in [5.74, 6) is -0.922. The van der Waals surface area contributed by atoms with E-state index in [-0.39, 0.29) is 42.3 Å². The number of unbranched alkanes of at least 4 members (excludes halogenated alkanes) is 6. The lowest BCUT2D eigenvalue weighted by Gasteiger charge is -2.19. The number of esters is 2. The molecule has 2 aromatic heterocycles. The summed E-state index contributed by atoms with van der Waals surface area (Å²) < 4.78 is 34.1. The van der Waals surface area contributed by atoms with Crippen molar-refractivity contribution >= 4 is 34.8 Å². The van der Waals surface area contributed by atoms with Crippen molar-refractivity contribution in [3.8, 4) is 0 Å². The molecule has 3 heterocycles. The summed E-state index contributed by atoms with van der Waals surface area (Å²) >= 11 is 0. The van der Waals surface area contributed by atoms with Crippen LogP contribution in [-0.4, -0.2) is 62.4 Å². The Hall–Kier alpha value is -3.15. The lowest BCUT2D eigenvalue weighted by molar-refractivity contribution is -0.159. The molecule has 3 rings (SSSR count). The van der Waals surface area contributed by atoms with Gasteiger partial charge in [0, 0.05) is 19.3 Å². The van der Waals surface area contributed by atoms with E-state index < -0.39 is 36.5 Å². The van der Waals surface area contributed by atoms with Crippen LogP contribution in [0.2, 0.25) is 0 Å². The Kier molecular flexibility index (Phi) is 12.7. The Morgan fingerprint density at radius 2 is 1.57 bits per heavy atom. The zero-order valence-electron chi connectivity index (χ0n) is 23.8. The van der Waals surface area contributed by atoms with Crippen molar-refractivity contribution in [3.63, 3.8) is 0 Å². The number of imidazole rings is 1. The fourth-order valence-corrected chi connectivity index (χ4v) is 4.55. The molecule has 0 bridgehead atoms. The van der Waals surface area contributed by atoms with E-state index in [9.17, 15) is 14.4 Å². The highest BCUT2D eigenvalue weighted by Gasteiger charge is 2.49. The maximum atomic E-state index is 15.9. The number of hydrogen-bond donors (Lipinski definition) is 1. The predicted octanol–water partition coefficient (Wildman–Crippen LogP) is 5.20. The molecule has 0 saturated carbocycles. The number of amides is 1. The number of alkyl halides is 1. The number of ether oxygens (including phenoxy) is 3. The topological polar surface area (TPSA) is 135 Å². The quantitative estimate of drug-likeness (QED) is 0.204. The van der Waals surface area contributed by atoms with Crippen LogP contribution in [0.1, 0.15) is 104 Å². The number of halogens is 1. The van der Waals surface area contributed by atoms with Gasteiger partial charge < -0.3 is 19.5 Å². The second kappa shape index (κ2) is 16.2. The molecule has 0 aliphatic carbocycles. The molecule has 1 amide bonds. The summed E-state index contributed by atoms with van der Waals surface area (Å²) in [6, 6.07) is 0. The summed E-state index contributed by atoms with van der Waals surface area (Å²) in [7, 11) is 0. The van der Waals surface area contributed by atoms with Crippen molar-refractivity contribution in [3.05, 3.63) is 12.7 Å². The summed E-state index contributed by atoms with van der Waals surface area (Å²) in [5, 5.41) is 2.75. The van der Waals surface area contributed by atoms with Crippen LogP contribution in [0.25, 0.3) is 11.2 Å². The van der Waals surface area contributed by atoms with Crippen LogP contribution in [0.4, 0.5) is 10.2 Å². The van der Waals surface area contributed by atoms with Gasteiger partial charge in [0.1, 0.15) is 19.0 Å². The number of fused-ring (bicyclic) bond motifs is 1. The van der Waals surface area contributed by atoms with Gasteiger partial charge in [0.15, 0.2) is 35.5 Å². The maximum absolute atomic E-state index is 15.9. The van der Waals surface area contributed by atoms with Crippen LogP contribution in [0.15, 0.2) is 12.7 Å². The van der Waals surface area contributed by atoms with Gasteiger partial charge in [-0.15, -0.1) is 0 Å². The molecule has 1 N–H and O–H groups in total. The van der Waals surface area contributed by atoms with Gasteiger partial charge in [0.05, 0.1) is 6.33 Å². The lowest BCUT2D eigenvalue weighted by Crippen LogP contribution is -2.37. The van der Waals surface area contributed by atoms with Crippen LogP contribution in [0, 0.1) is 0 Å². The van der Waals surface area contributed by atoms with Crippen LogP contribution in [0.3, 0.4) is 0 Å². The zero-order valence-corrected chi connectivity index (χ0v) is 23.8. The first-order valence-corrected chi connectivity index (χ1v) is 14.5. The molecule has 0 spiro atoms. The number of nitrogens with one attached hydrogen (secondary N) is 1. The Labute approximate surface area is 234 Å². The van der Waals surface area contributed by atoms with Gasteiger partial charge in [0.25, 0.3) is 0 Å². The van der Waals surface area contributed by atoms with E-state index in [0.29, 0.717) is 19.3 Å². The van der Waals surface area contributed by atoms with E-state index in [4.69, 9.17) is 14.2 Å². The highest BCUT2D eigenvalue weighted by atomic mass is 19.1. The Balaban J connectivity index is 1.76. The molecule has 40 heavy (non-hydrogen) atoms. The minimum absolute atomic E-state index is 0.161. The van der Waals surface area contributed by atoms with Crippen LogP contribution in [-0.2, 0) is 28.6 Å². The number of hydrogen-bond acceptors (Lipinski definition) is 9. The molecule has 1 fully saturated rings. The van der Waals surface area contributed by atoms with Crippen molar-refractivity contribution in [1.82, 2.24) is 19.5 Å².